The van der Waals surface area contributed by atoms with Gasteiger partial charge in [0.05, 0.1) is 5.25 Å². The summed E-state index contributed by atoms with van der Waals surface area (Å²) in [7, 11) is -3.34. The average Bonchev–Trinajstić information content (AvgIpc) is 2.36. The molecule has 0 amide bonds. The lowest BCUT2D eigenvalue weighted by molar-refractivity contribution is 0.0981. The van der Waals surface area contributed by atoms with E-state index in [1.54, 1.807) is 6.92 Å². The van der Waals surface area contributed by atoms with E-state index < -0.39 is 15.3 Å². The van der Waals surface area contributed by atoms with E-state index in [1.807, 2.05) is 0 Å². The van der Waals surface area contributed by atoms with Crippen LogP contribution in [0.1, 0.15) is 19.8 Å². The maximum Gasteiger partial charge on any atom is 0.214 e. The number of nitrogens with one attached hydrogen (secondary N) is 1. The summed E-state index contributed by atoms with van der Waals surface area (Å²) in [6.45, 7) is 2.76. The fourth-order valence-corrected chi connectivity index (χ4v) is 3.08. The van der Waals surface area contributed by atoms with Gasteiger partial charge in [0.15, 0.2) is 0 Å². The van der Waals surface area contributed by atoms with Crippen molar-refractivity contribution in [2.45, 2.75) is 25.0 Å². The largest absolute Gasteiger partial charge is 0.409 e. The van der Waals surface area contributed by atoms with E-state index in [2.05, 4.69) is 9.88 Å². The summed E-state index contributed by atoms with van der Waals surface area (Å²) in [5, 5.41) is 10.9. The van der Waals surface area contributed by atoms with Crippen LogP contribution >= 0.6 is 0 Å². The van der Waals surface area contributed by atoms with E-state index in [9.17, 15) is 8.42 Å². The predicted octanol–water partition coefficient (Wildman–Crippen LogP) is -0.533. The highest BCUT2D eigenvalue weighted by Gasteiger charge is 2.27. The zero-order chi connectivity index (χ0) is 12.9. The van der Waals surface area contributed by atoms with Crippen molar-refractivity contribution in [2.75, 3.05) is 19.8 Å². The number of nitrogens with two attached hydrogens (primary N) is 1. The molecule has 4 N–H and O–H groups in total. The molecule has 8 heteroatoms. The number of ether oxygens (including phenoxy) is 1. The second-order valence-electron chi connectivity index (χ2n) is 4.13. The number of nitrogens with zero attached hydrogens (tertiary/aromatic N) is 1. The molecule has 0 bridgehead atoms. The molecule has 0 spiro atoms. The van der Waals surface area contributed by atoms with Crippen molar-refractivity contribution in [1.29, 1.82) is 0 Å². The lowest BCUT2D eigenvalue weighted by Gasteiger charge is -2.23. The molecule has 1 aliphatic rings. The van der Waals surface area contributed by atoms with Crippen LogP contribution in [0.15, 0.2) is 5.16 Å². The third kappa shape index (κ3) is 4.14. The van der Waals surface area contributed by atoms with Crippen molar-refractivity contribution < 1.29 is 18.4 Å². The maximum absolute atomic E-state index is 11.9. The van der Waals surface area contributed by atoms with Crippen LogP contribution in [0.4, 0.5) is 0 Å². The molecule has 1 heterocycles. The molecule has 17 heavy (non-hydrogen) atoms. The van der Waals surface area contributed by atoms with E-state index in [4.69, 9.17) is 15.7 Å². The van der Waals surface area contributed by atoms with Gasteiger partial charge in [-0.25, -0.2) is 13.1 Å². The van der Waals surface area contributed by atoms with Gasteiger partial charge in [0.25, 0.3) is 0 Å². The van der Waals surface area contributed by atoms with Gasteiger partial charge in [-0.2, -0.15) is 0 Å². The van der Waals surface area contributed by atoms with Crippen LogP contribution in [0.5, 0.6) is 0 Å². The smallest absolute Gasteiger partial charge is 0.214 e. The normalized spacial score (nSPS) is 21.4. The molecule has 100 valence electrons. The number of sulfonamides is 1. The van der Waals surface area contributed by atoms with Crippen molar-refractivity contribution in [3.63, 3.8) is 0 Å². The topological polar surface area (TPSA) is 114 Å². The molecule has 1 aliphatic heterocycles. The molecule has 0 aliphatic carbocycles. The van der Waals surface area contributed by atoms with Crippen molar-refractivity contribution in [1.82, 2.24) is 4.72 Å². The van der Waals surface area contributed by atoms with Gasteiger partial charge in [-0.1, -0.05) is 12.1 Å². The van der Waals surface area contributed by atoms with E-state index in [0.29, 0.717) is 26.1 Å². The Morgan fingerprint density at radius 2 is 2.18 bits per heavy atom. The molecule has 1 saturated heterocycles. The average molecular weight is 265 g/mol. The quantitative estimate of drug-likeness (QED) is 0.267. The van der Waals surface area contributed by atoms with Crippen LogP contribution in [-0.2, 0) is 14.8 Å². The van der Waals surface area contributed by atoms with Crippen LogP contribution in [0.2, 0.25) is 0 Å². The molecule has 1 atom stereocenters. The first kappa shape index (κ1) is 14.2. The molecule has 0 aromatic carbocycles. The summed E-state index contributed by atoms with van der Waals surface area (Å²) >= 11 is 0. The van der Waals surface area contributed by atoms with Crippen LogP contribution in [0, 0.1) is 5.92 Å². The molecule has 1 unspecified atom stereocenters. The molecular formula is C9H19N3O4S. The standard InChI is InChI=1S/C9H19N3O4S/c1-7(9(10)12-13)6-11-17(14,15)8-2-4-16-5-3-8/h7-8,11,13H,2-6H2,1H3,(H2,10,12). The van der Waals surface area contributed by atoms with E-state index in [-0.39, 0.29) is 18.3 Å². The molecule has 1 fully saturated rings. The third-order valence-electron chi connectivity index (χ3n) is 2.82. The van der Waals surface area contributed by atoms with E-state index >= 15 is 0 Å². The molecule has 0 saturated carbocycles. The Bertz CT molecular complexity index is 362. The van der Waals surface area contributed by atoms with Gasteiger partial charge in [-0.15, -0.1) is 0 Å². The molecular weight excluding hydrogens is 246 g/mol. The molecule has 7 nitrogen and oxygen atoms in total. The van der Waals surface area contributed by atoms with Gasteiger partial charge >= 0.3 is 0 Å². The monoisotopic (exact) mass is 265 g/mol. The summed E-state index contributed by atoms with van der Waals surface area (Å²) in [6.07, 6.45) is 1.01. The van der Waals surface area contributed by atoms with Crippen molar-refractivity contribution in [3.05, 3.63) is 0 Å². The summed E-state index contributed by atoms with van der Waals surface area (Å²) < 4.78 is 31.4. The van der Waals surface area contributed by atoms with Crippen molar-refractivity contribution >= 4 is 15.9 Å². The zero-order valence-corrected chi connectivity index (χ0v) is 10.6. The van der Waals surface area contributed by atoms with Crippen LogP contribution in [-0.4, -0.2) is 44.5 Å². The maximum atomic E-state index is 11.9. The fraction of sp³-hybridized carbons (Fsp3) is 0.889. The summed E-state index contributed by atoms with van der Waals surface area (Å²) in [4.78, 5) is 0. The fourth-order valence-electron chi connectivity index (χ4n) is 1.55. The first-order valence-electron chi connectivity index (χ1n) is 5.51. The zero-order valence-electron chi connectivity index (χ0n) is 9.80. The van der Waals surface area contributed by atoms with E-state index in [1.165, 1.54) is 0 Å². The first-order valence-corrected chi connectivity index (χ1v) is 7.05. The van der Waals surface area contributed by atoms with Gasteiger partial charge in [-0.05, 0) is 12.8 Å². The minimum absolute atomic E-state index is 0.0136. The van der Waals surface area contributed by atoms with Crippen molar-refractivity contribution in [3.8, 4) is 0 Å². The second-order valence-corrected chi connectivity index (χ2v) is 6.18. The van der Waals surface area contributed by atoms with Crippen LogP contribution < -0.4 is 10.5 Å². The number of oxime groups is 1. The molecule has 1 rings (SSSR count). The Kier molecular flexibility index (Phi) is 5.16. The van der Waals surface area contributed by atoms with Gasteiger partial charge in [-0.3, -0.25) is 0 Å². The number of hydrogen-bond donors (Lipinski definition) is 3. The Morgan fingerprint density at radius 3 is 2.71 bits per heavy atom. The lowest BCUT2D eigenvalue weighted by atomic mass is 10.2. The highest BCUT2D eigenvalue weighted by atomic mass is 32.2. The Morgan fingerprint density at radius 1 is 1.59 bits per heavy atom. The highest BCUT2D eigenvalue weighted by molar-refractivity contribution is 7.90. The van der Waals surface area contributed by atoms with Gasteiger partial charge in [0.2, 0.25) is 10.0 Å². The highest BCUT2D eigenvalue weighted by Crippen LogP contribution is 2.14. The number of hydrogen-bond acceptors (Lipinski definition) is 5. The molecule has 0 radical (unpaired) electrons. The SMILES string of the molecule is CC(CNS(=O)(=O)C1CCOCC1)C(N)=NO. The number of rotatable bonds is 5. The first-order chi connectivity index (χ1) is 7.97. The van der Waals surface area contributed by atoms with Crippen LogP contribution in [0.25, 0.3) is 0 Å². The summed E-state index contributed by atoms with van der Waals surface area (Å²) in [5.41, 5.74) is 5.37. The molecule has 0 aromatic rings. The van der Waals surface area contributed by atoms with Gasteiger partial charge in [0, 0.05) is 25.7 Å². The number of amidine groups is 1. The molecule has 0 aromatic heterocycles. The Balaban J connectivity index is 2.49. The minimum atomic E-state index is -3.34. The second kappa shape index (κ2) is 6.18. The lowest BCUT2D eigenvalue weighted by Crippen LogP contribution is -2.41. The van der Waals surface area contributed by atoms with Gasteiger partial charge < -0.3 is 15.7 Å². The summed E-state index contributed by atoms with van der Waals surface area (Å²) in [6, 6.07) is 0. The third-order valence-corrected chi connectivity index (χ3v) is 4.74. The van der Waals surface area contributed by atoms with Gasteiger partial charge in [0.1, 0.15) is 5.84 Å². The Labute approximate surface area is 101 Å². The minimum Gasteiger partial charge on any atom is -0.409 e. The van der Waals surface area contributed by atoms with E-state index in [0.717, 1.165) is 0 Å². The van der Waals surface area contributed by atoms with Crippen LogP contribution in [0.3, 0.4) is 0 Å². The Hall–Kier alpha value is -0.860. The predicted molar refractivity (Wildman–Crippen MR) is 63.3 cm³/mol. The van der Waals surface area contributed by atoms with Crippen molar-refractivity contribution in [2.24, 2.45) is 16.8 Å². The summed E-state index contributed by atoms with van der Waals surface area (Å²) in [5.74, 6) is -0.325.